The van der Waals surface area contributed by atoms with E-state index in [1.807, 2.05) is 30.3 Å². The zero-order valence-corrected chi connectivity index (χ0v) is 13.8. The molecule has 0 saturated heterocycles. The maximum absolute atomic E-state index is 12.3. The summed E-state index contributed by atoms with van der Waals surface area (Å²) in [4.78, 5) is 12.3. The Morgan fingerprint density at radius 3 is 2.75 bits per heavy atom. The molecule has 0 aliphatic carbocycles. The van der Waals surface area contributed by atoms with Crippen molar-refractivity contribution < 1.29 is 14.3 Å². The highest BCUT2D eigenvalue weighted by Gasteiger charge is 2.17. The minimum Gasteiger partial charge on any atom is -0.496 e. The Balaban J connectivity index is 2.45. The number of hydrogen-bond donors (Lipinski definition) is 0. The van der Waals surface area contributed by atoms with Crippen LogP contribution in [0.5, 0.6) is 5.75 Å². The van der Waals surface area contributed by atoms with Crippen LogP contribution in [0, 0.1) is 3.57 Å². The van der Waals surface area contributed by atoms with E-state index in [2.05, 4.69) is 29.5 Å². The normalized spacial score (nSPS) is 10.6. The number of esters is 1. The largest absolute Gasteiger partial charge is 0.496 e. The van der Waals surface area contributed by atoms with Crippen molar-refractivity contribution in [3.63, 3.8) is 0 Å². The van der Waals surface area contributed by atoms with Crippen molar-refractivity contribution in [1.29, 1.82) is 0 Å². The topological polar surface area (TPSA) is 35.5 Å². The van der Waals surface area contributed by atoms with Gasteiger partial charge in [0.25, 0.3) is 0 Å². The molecule has 0 bridgehead atoms. The molecule has 0 saturated carbocycles. The molecule has 0 amide bonds. The van der Waals surface area contributed by atoms with Gasteiger partial charge in [-0.25, -0.2) is 4.79 Å². The van der Waals surface area contributed by atoms with Crippen LogP contribution in [0.15, 0.2) is 30.3 Å². The first kappa shape index (κ1) is 15.1. The van der Waals surface area contributed by atoms with E-state index in [1.165, 1.54) is 0 Å². The van der Waals surface area contributed by atoms with Crippen molar-refractivity contribution >= 4 is 39.3 Å². The summed E-state index contributed by atoms with van der Waals surface area (Å²) in [7, 11) is 1.57. The van der Waals surface area contributed by atoms with Crippen LogP contribution in [0.1, 0.15) is 30.1 Å². The van der Waals surface area contributed by atoms with Gasteiger partial charge in [-0.3, -0.25) is 0 Å². The van der Waals surface area contributed by atoms with Gasteiger partial charge in [-0.1, -0.05) is 25.5 Å². The van der Waals surface area contributed by atoms with Gasteiger partial charge in [0.2, 0.25) is 0 Å². The molecular formula is C16H17IO3. The SMILES string of the molecule is CCCCOC(=O)c1c(OC)ccc2cc(I)ccc12. The van der Waals surface area contributed by atoms with Crippen molar-refractivity contribution in [1.82, 2.24) is 0 Å². The average Bonchev–Trinajstić information content (AvgIpc) is 2.45. The molecule has 2 aromatic rings. The molecule has 106 valence electrons. The van der Waals surface area contributed by atoms with Crippen LogP contribution < -0.4 is 4.74 Å². The molecule has 4 heteroatoms. The van der Waals surface area contributed by atoms with Crippen LogP contribution >= 0.6 is 22.6 Å². The van der Waals surface area contributed by atoms with Gasteiger partial charge in [-0.15, -0.1) is 0 Å². The number of carbonyl (C=O) groups excluding carboxylic acids is 1. The van der Waals surface area contributed by atoms with Gasteiger partial charge in [-0.2, -0.15) is 0 Å². The standard InChI is InChI=1S/C16H17IO3/c1-3-4-9-20-16(18)15-13-7-6-12(17)10-11(13)5-8-14(15)19-2/h5-8,10H,3-4,9H2,1-2H3. The Labute approximate surface area is 132 Å². The quantitative estimate of drug-likeness (QED) is 0.435. The van der Waals surface area contributed by atoms with E-state index < -0.39 is 0 Å². The maximum atomic E-state index is 12.3. The average molecular weight is 384 g/mol. The molecule has 0 spiro atoms. The third-order valence-electron chi connectivity index (χ3n) is 3.10. The number of hydrogen-bond acceptors (Lipinski definition) is 3. The van der Waals surface area contributed by atoms with Gasteiger partial charge in [0, 0.05) is 8.96 Å². The Morgan fingerprint density at radius 2 is 2.05 bits per heavy atom. The monoisotopic (exact) mass is 384 g/mol. The van der Waals surface area contributed by atoms with Gasteiger partial charge < -0.3 is 9.47 Å². The minimum atomic E-state index is -0.317. The molecule has 0 aliphatic heterocycles. The number of rotatable bonds is 5. The van der Waals surface area contributed by atoms with E-state index >= 15 is 0 Å². The summed E-state index contributed by atoms with van der Waals surface area (Å²) in [5.74, 6) is 0.238. The van der Waals surface area contributed by atoms with Crippen molar-refractivity contribution in [2.75, 3.05) is 13.7 Å². The first-order chi connectivity index (χ1) is 9.67. The molecule has 0 radical (unpaired) electrons. The van der Waals surface area contributed by atoms with E-state index in [-0.39, 0.29) is 5.97 Å². The van der Waals surface area contributed by atoms with Crippen LogP contribution in [0.2, 0.25) is 0 Å². The molecule has 2 aromatic carbocycles. The highest BCUT2D eigenvalue weighted by Crippen LogP contribution is 2.29. The van der Waals surface area contributed by atoms with Crippen LogP contribution in [-0.4, -0.2) is 19.7 Å². The lowest BCUT2D eigenvalue weighted by Crippen LogP contribution is -2.09. The van der Waals surface area contributed by atoms with Gasteiger partial charge >= 0.3 is 5.97 Å². The molecule has 0 N–H and O–H groups in total. The number of methoxy groups -OCH3 is 1. The smallest absolute Gasteiger partial charge is 0.342 e. The highest BCUT2D eigenvalue weighted by atomic mass is 127. The number of ether oxygens (including phenoxy) is 2. The zero-order chi connectivity index (χ0) is 14.5. The highest BCUT2D eigenvalue weighted by molar-refractivity contribution is 14.1. The number of benzene rings is 2. The molecule has 0 unspecified atom stereocenters. The fourth-order valence-electron chi connectivity index (χ4n) is 2.04. The van der Waals surface area contributed by atoms with E-state index in [0.717, 1.165) is 27.2 Å². The molecule has 20 heavy (non-hydrogen) atoms. The van der Waals surface area contributed by atoms with Crippen molar-refractivity contribution in [2.45, 2.75) is 19.8 Å². The second-order valence-electron chi connectivity index (χ2n) is 4.50. The van der Waals surface area contributed by atoms with Gasteiger partial charge in [0.05, 0.1) is 13.7 Å². The lowest BCUT2D eigenvalue weighted by molar-refractivity contribution is 0.0498. The predicted molar refractivity (Wildman–Crippen MR) is 88.4 cm³/mol. The number of carbonyl (C=O) groups is 1. The third kappa shape index (κ3) is 3.23. The summed E-state index contributed by atoms with van der Waals surface area (Å²) < 4.78 is 11.8. The Hall–Kier alpha value is -1.30. The van der Waals surface area contributed by atoms with E-state index in [1.54, 1.807) is 7.11 Å². The third-order valence-corrected chi connectivity index (χ3v) is 3.77. The van der Waals surface area contributed by atoms with E-state index in [9.17, 15) is 4.79 Å². The molecule has 3 nitrogen and oxygen atoms in total. The number of unbranched alkanes of at least 4 members (excludes halogenated alkanes) is 1. The molecule has 0 aliphatic rings. The lowest BCUT2D eigenvalue weighted by atomic mass is 10.0. The van der Waals surface area contributed by atoms with Crippen LogP contribution in [-0.2, 0) is 4.74 Å². The lowest BCUT2D eigenvalue weighted by Gasteiger charge is -2.12. The van der Waals surface area contributed by atoms with Gasteiger partial charge in [-0.05, 0) is 52.6 Å². The Morgan fingerprint density at radius 1 is 1.25 bits per heavy atom. The fraction of sp³-hybridized carbons (Fsp3) is 0.312. The molecule has 0 aromatic heterocycles. The van der Waals surface area contributed by atoms with Crippen molar-refractivity contribution in [2.24, 2.45) is 0 Å². The predicted octanol–water partition coefficient (Wildman–Crippen LogP) is 4.41. The summed E-state index contributed by atoms with van der Waals surface area (Å²) >= 11 is 2.26. The maximum Gasteiger partial charge on any atom is 0.342 e. The molecular weight excluding hydrogens is 367 g/mol. The fourth-order valence-corrected chi connectivity index (χ4v) is 2.56. The zero-order valence-electron chi connectivity index (χ0n) is 11.6. The Bertz CT molecular complexity index is 622. The van der Waals surface area contributed by atoms with E-state index in [0.29, 0.717) is 17.9 Å². The Kier molecular flexibility index (Phi) is 5.23. The first-order valence-corrected chi connectivity index (χ1v) is 7.68. The summed E-state index contributed by atoms with van der Waals surface area (Å²) in [5, 5.41) is 1.88. The summed E-state index contributed by atoms with van der Waals surface area (Å²) in [6.07, 6.45) is 1.87. The van der Waals surface area contributed by atoms with Crippen LogP contribution in [0.25, 0.3) is 10.8 Å². The summed E-state index contributed by atoms with van der Waals surface area (Å²) in [5.41, 5.74) is 0.512. The second-order valence-corrected chi connectivity index (χ2v) is 5.74. The summed E-state index contributed by atoms with van der Waals surface area (Å²) in [6, 6.07) is 9.73. The molecule has 0 fully saturated rings. The van der Waals surface area contributed by atoms with Gasteiger partial charge in [0.1, 0.15) is 11.3 Å². The molecule has 2 rings (SSSR count). The van der Waals surface area contributed by atoms with Crippen molar-refractivity contribution in [3.05, 3.63) is 39.5 Å². The number of halogens is 1. The van der Waals surface area contributed by atoms with Crippen LogP contribution in [0.4, 0.5) is 0 Å². The van der Waals surface area contributed by atoms with Crippen LogP contribution in [0.3, 0.4) is 0 Å². The van der Waals surface area contributed by atoms with Crippen molar-refractivity contribution in [3.8, 4) is 5.75 Å². The second kappa shape index (κ2) is 6.92. The number of fused-ring (bicyclic) bond motifs is 1. The first-order valence-electron chi connectivity index (χ1n) is 6.60. The minimum absolute atomic E-state index is 0.317. The summed E-state index contributed by atoms with van der Waals surface area (Å²) in [6.45, 7) is 2.51. The van der Waals surface area contributed by atoms with E-state index in [4.69, 9.17) is 9.47 Å². The van der Waals surface area contributed by atoms with Gasteiger partial charge in [0.15, 0.2) is 0 Å². The molecule has 0 atom stereocenters. The molecule has 0 heterocycles.